The molecule has 0 unspecified atom stereocenters. The van der Waals surface area contributed by atoms with Gasteiger partial charge in [-0.05, 0) is 29.7 Å². The summed E-state index contributed by atoms with van der Waals surface area (Å²) in [5.74, 6) is 1.97. The molecule has 0 N–H and O–H groups in total. The van der Waals surface area contributed by atoms with E-state index in [1.165, 1.54) is 5.56 Å². The molecule has 1 heterocycles. The quantitative estimate of drug-likeness (QED) is 0.787. The van der Waals surface area contributed by atoms with Crippen molar-refractivity contribution < 1.29 is 14.0 Å². The molecule has 2 rings (SSSR count). The van der Waals surface area contributed by atoms with Crippen LogP contribution in [0.1, 0.15) is 36.8 Å². The number of nitrogens with zero attached hydrogens (tertiary/aromatic N) is 1. The maximum atomic E-state index is 5.85. The van der Waals surface area contributed by atoms with Gasteiger partial charge >= 0.3 is 0 Å². The van der Waals surface area contributed by atoms with E-state index in [1.807, 2.05) is 18.2 Å². The standard InChI is InChI=1S/C15H18BrNO3/c1-10(2)14-6-11(16)4-5-15(14)19-8-12-7-13(9-18-3)20-17-12/h4-7,10H,8-9H2,1-3H3. The SMILES string of the molecule is COCc1cc(COc2ccc(Br)cc2C(C)C)no1. The molecule has 1 aromatic heterocycles. The van der Waals surface area contributed by atoms with Crippen molar-refractivity contribution in [3.63, 3.8) is 0 Å². The van der Waals surface area contributed by atoms with Crippen LogP contribution in [0.2, 0.25) is 0 Å². The molecule has 0 saturated carbocycles. The maximum absolute atomic E-state index is 5.85. The first-order valence-electron chi connectivity index (χ1n) is 6.45. The van der Waals surface area contributed by atoms with Gasteiger partial charge in [-0.2, -0.15) is 0 Å². The Hall–Kier alpha value is -1.33. The van der Waals surface area contributed by atoms with Crippen LogP contribution in [0.5, 0.6) is 5.75 Å². The molecule has 2 aromatic rings. The number of aromatic nitrogens is 1. The average Bonchev–Trinajstić information content (AvgIpc) is 2.85. The van der Waals surface area contributed by atoms with Crippen molar-refractivity contribution in [3.8, 4) is 5.75 Å². The lowest BCUT2D eigenvalue weighted by atomic mass is 10.0. The number of halogens is 1. The van der Waals surface area contributed by atoms with E-state index in [9.17, 15) is 0 Å². The number of hydrogen-bond acceptors (Lipinski definition) is 4. The lowest BCUT2D eigenvalue weighted by molar-refractivity contribution is 0.155. The Morgan fingerprint density at radius 3 is 2.75 bits per heavy atom. The third-order valence-corrected chi connectivity index (χ3v) is 3.36. The molecule has 5 heteroatoms. The van der Waals surface area contributed by atoms with Crippen LogP contribution in [0.15, 0.2) is 33.3 Å². The third kappa shape index (κ3) is 3.84. The lowest BCUT2D eigenvalue weighted by Gasteiger charge is -2.13. The van der Waals surface area contributed by atoms with E-state index in [-0.39, 0.29) is 0 Å². The summed E-state index contributed by atoms with van der Waals surface area (Å²) in [5, 5.41) is 3.95. The van der Waals surface area contributed by atoms with Gasteiger partial charge in [-0.25, -0.2) is 0 Å². The molecule has 108 valence electrons. The molecule has 1 aromatic carbocycles. The predicted molar refractivity (Wildman–Crippen MR) is 79.8 cm³/mol. The summed E-state index contributed by atoms with van der Waals surface area (Å²) in [4.78, 5) is 0. The third-order valence-electron chi connectivity index (χ3n) is 2.86. The summed E-state index contributed by atoms with van der Waals surface area (Å²) >= 11 is 3.48. The van der Waals surface area contributed by atoms with Gasteiger partial charge in [-0.1, -0.05) is 34.9 Å². The van der Waals surface area contributed by atoms with Crippen LogP contribution in [0.4, 0.5) is 0 Å². The molecule has 0 aliphatic rings. The van der Waals surface area contributed by atoms with Crippen LogP contribution in [0.3, 0.4) is 0 Å². The van der Waals surface area contributed by atoms with Gasteiger partial charge in [0.2, 0.25) is 0 Å². The topological polar surface area (TPSA) is 44.5 Å². The molecule has 0 fully saturated rings. The fraction of sp³-hybridized carbons (Fsp3) is 0.400. The first-order chi connectivity index (χ1) is 9.60. The van der Waals surface area contributed by atoms with E-state index in [0.717, 1.165) is 15.9 Å². The van der Waals surface area contributed by atoms with Crippen LogP contribution in [-0.4, -0.2) is 12.3 Å². The zero-order valence-electron chi connectivity index (χ0n) is 11.9. The highest BCUT2D eigenvalue weighted by molar-refractivity contribution is 9.10. The van der Waals surface area contributed by atoms with Crippen molar-refractivity contribution in [1.29, 1.82) is 0 Å². The molecule has 0 saturated heterocycles. The van der Waals surface area contributed by atoms with Crippen molar-refractivity contribution in [2.45, 2.75) is 33.0 Å². The molecule has 4 nitrogen and oxygen atoms in total. The molecule has 0 aliphatic carbocycles. The van der Waals surface area contributed by atoms with E-state index in [1.54, 1.807) is 7.11 Å². The van der Waals surface area contributed by atoms with E-state index < -0.39 is 0 Å². The molecule has 20 heavy (non-hydrogen) atoms. The van der Waals surface area contributed by atoms with Crippen LogP contribution in [0, 0.1) is 0 Å². The zero-order chi connectivity index (χ0) is 14.5. The van der Waals surface area contributed by atoms with Gasteiger partial charge in [0.05, 0.1) is 0 Å². The molecule has 0 bridgehead atoms. The Morgan fingerprint density at radius 1 is 1.25 bits per heavy atom. The van der Waals surface area contributed by atoms with E-state index >= 15 is 0 Å². The minimum Gasteiger partial charge on any atom is -0.487 e. The Bertz CT molecular complexity index is 566. The number of ether oxygens (including phenoxy) is 2. The average molecular weight is 340 g/mol. The Morgan fingerprint density at radius 2 is 2.05 bits per heavy atom. The van der Waals surface area contributed by atoms with Crippen LogP contribution in [0.25, 0.3) is 0 Å². The molecular weight excluding hydrogens is 322 g/mol. The summed E-state index contributed by atoms with van der Waals surface area (Å²) in [6, 6.07) is 7.87. The number of rotatable bonds is 6. The number of benzene rings is 1. The smallest absolute Gasteiger partial charge is 0.162 e. The van der Waals surface area contributed by atoms with Gasteiger partial charge in [0.1, 0.15) is 24.7 Å². The van der Waals surface area contributed by atoms with Gasteiger partial charge < -0.3 is 14.0 Å². The Labute approximate surface area is 127 Å². The van der Waals surface area contributed by atoms with Crippen molar-refractivity contribution in [2.75, 3.05) is 7.11 Å². The summed E-state index contributed by atoms with van der Waals surface area (Å²) < 4.78 is 17.0. The fourth-order valence-electron chi connectivity index (χ4n) is 1.89. The second-order valence-electron chi connectivity index (χ2n) is 4.84. The number of methoxy groups -OCH3 is 1. The van der Waals surface area contributed by atoms with Gasteiger partial charge in [0, 0.05) is 17.6 Å². The molecule has 0 spiro atoms. The van der Waals surface area contributed by atoms with Crippen molar-refractivity contribution in [1.82, 2.24) is 5.16 Å². The molecule has 0 radical (unpaired) electrons. The van der Waals surface area contributed by atoms with Crippen molar-refractivity contribution in [2.24, 2.45) is 0 Å². The molecule has 0 aliphatic heterocycles. The number of hydrogen-bond donors (Lipinski definition) is 0. The van der Waals surface area contributed by atoms with Crippen LogP contribution >= 0.6 is 15.9 Å². The van der Waals surface area contributed by atoms with Gasteiger partial charge in [0.25, 0.3) is 0 Å². The minimum atomic E-state index is 0.383. The monoisotopic (exact) mass is 339 g/mol. The minimum absolute atomic E-state index is 0.383. The molecular formula is C15H18BrNO3. The van der Waals surface area contributed by atoms with Crippen LogP contribution in [-0.2, 0) is 18.0 Å². The highest BCUT2D eigenvalue weighted by Gasteiger charge is 2.10. The van der Waals surface area contributed by atoms with Crippen molar-refractivity contribution in [3.05, 3.63) is 45.8 Å². The lowest BCUT2D eigenvalue weighted by Crippen LogP contribution is -2.00. The fourth-order valence-corrected chi connectivity index (χ4v) is 2.27. The Kier molecular flexibility index (Phi) is 5.20. The van der Waals surface area contributed by atoms with Crippen LogP contribution < -0.4 is 4.74 Å². The summed E-state index contributed by atoms with van der Waals surface area (Å²) in [6.07, 6.45) is 0. The normalized spacial score (nSPS) is 11.1. The second kappa shape index (κ2) is 6.90. The first kappa shape index (κ1) is 15.1. The Balaban J connectivity index is 2.06. The summed E-state index contributed by atoms with van der Waals surface area (Å²) in [5.41, 5.74) is 1.93. The second-order valence-corrected chi connectivity index (χ2v) is 5.76. The molecule has 0 atom stereocenters. The summed E-state index contributed by atoms with van der Waals surface area (Å²) in [7, 11) is 1.62. The van der Waals surface area contributed by atoms with Gasteiger partial charge in [-0.15, -0.1) is 0 Å². The van der Waals surface area contributed by atoms with Crippen molar-refractivity contribution >= 4 is 15.9 Å². The highest BCUT2D eigenvalue weighted by Crippen LogP contribution is 2.30. The largest absolute Gasteiger partial charge is 0.487 e. The van der Waals surface area contributed by atoms with E-state index in [4.69, 9.17) is 14.0 Å². The highest BCUT2D eigenvalue weighted by atomic mass is 79.9. The molecule has 0 amide bonds. The van der Waals surface area contributed by atoms with Gasteiger partial charge in [0.15, 0.2) is 5.76 Å². The van der Waals surface area contributed by atoms with E-state index in [0.29, 0.717) is 24.9 Å². The van der Waals surface area contributed by atoms with E-state index in [2.05, 4.69) is 41.0 Å². The van der Waals surface area contributed by atoms with Gasteiger partial charge in [-0.3, -0.25) is 0 Å². The maximum Gasteiger partial charge on any atom is 0.162 e. The predicted octanol–water partition coefficient (Wildman–Crippen LogP) is 4.29. The first-order valence-corrected chi connectivity index (χ1v) is 7.25. The summed E-state index contributed by atoms with van der Waals surface area (Å²) in [6.45, 7) is 5.08. The zero-order valence-corrected chi connectivity index (χ0v) is 13.4.